The third-order valence-electron chi connectivity index (χ3n) is 2.40. The van der Waals surface area contributed by atoms with Crippen molar-refractivity contribution in [3.8, 4) is 0 Å². The van der Waals surface area contributed by atoms with Gasteiger partial charge in [0.1, 0.15) is 5.82 Å². The lowest BCUT2D eigenvalue weighted by atomic mass is 10.1. The minimum Gasteiger partial charge on any atom is -0.356 e. The fourth-order valence-electron chi connectivity index (χ4n) is 1.27. The Labute approximate surface area is 105 Å². The van der Waals surface area contributed by atoms with Crippen molar-refractivity contribution < 1.29 is 9.18 Å². The van der Waals surface area contributed by atoms with E-state index in [4.69, 9.17) is 17.3 Å². The first kappa shape index (κ1) is 13.9. The zero-order valence-electron chi connectivity index (χ0n) is 9.67. The number of amides is 1. The second-order valence-corrected chi connectivity index (χ2v) is 4.48. The van der Waals surface area contributed by atoms with Crippen LogP contribution in [0.1, 0.15) is 12.5 Å². The van der Waals surface area contributed by atoms with Crippen LogP contribution in [0.15, 0.2) is 18.2 Å². The summed E-state index contributed by atoms with van der Waals surface area (Å²) in [5.74, 6) is -0.351. The van der Waals surface area contributed by atoms with Crippen LogP contribution in [0.4, 0.5) is 4.39 Å². The lowest BCUT2D eigenvalue weighted by molar-refractivity contribution is -0.120. The van der Waals surface area contributed by atoms with E-state index in [0.29, 0.717) is 18.7 Å². The number of benzene rings is 1. The van der Waals surface area contributed by atoms with E-state index in [9.17, 15) is 9.18 Å². The third kappa shape index (κ3) is 4.71. The van der Waals surface area contributed by atoms with E-state index in [1.54, 1.807) is 6.07 Å². The highest BCUT2D eigenvalue weighted by Gasteiger charge is 2.07. The Balaban J connectivity index is 2.48. The number of rotatable bonds is 5. The molecule has 1 aromatic carbocycles. The molecule has 3 N–H and O–H groups in total. The van der Waals surface area contributed by atoms with Gasteiger partial charge in [-0.15, -0.1) is 0 Å². The summed E-state index contributed by atoms with van der Waals surface area (Å²) in [6.07, 6.45) is 0.192. The Morgan fingerprint density at radius 3 is 2.88 bits per heavy atom. The van der Waals surface area contributed by atoms with Crippen molar-refractivity contribution >= 4 is 17.5 Å². The monoisotopic (exact) mass is 258 g/mol. The lowest BCUT2D eigenvalue weighted by Crippen LogP contribution is -2.32. The molecule has 0 bridgehead atoms. The second kappa shape index (κ2) is 6.57. The molecule has 94 valence electrons. The van der Waals surface area contributed by atoms with E-state index >= 15 is 0 Å². The summed E-state index contributed by atoms with van der Waals surface area (Å²) in [6, 6.07) is 4.27. The molecule has 0 aliphatic carbocycles. The Bertz CT molecular complexity index is 398. The molecule has 0 heterocycles. The molecular formula is C12H16ClFN2O. The first-order chi connectivity index (χ1) is 8.02. The molecule has 0 saturated heterocycles. The number of hydrogen-bond acceptors (Lipinski definition) is 2. The molecule has 1 rings (SSSR count). The van der Waals surface area contributed by atoms with Crippen LogP contribution in [0.2, 0.25) is 5.02 Å². The molecule has 3 nitrogen and oxygen atoms in total. The van der Waals surface area contributed by atoms with Gasteiger partial charge >= 0.3 is 0 Å². The van der Waals surface area contributed by atoms with Crippen LogP contribution in [0.5, 0.6) is 0 Å². The van der Waals surface area contributed by atoms with Crippen molar-refractivity contribution in [3.63, 3.8) is 0 Å². The van der Waals surface area contributed by atoms with Crippen molar-refractivity contribution in [1.29, 1.82) is 0 Å². The van der Waals surface area contributed by atoms with Crippen LogP contribution in [0, 0.1) is 11.7 Å². The zero-order valence-corrected chi connectivity index (χ0v) is 10.4. The minimum atomic E-state index is -0.479. The van der Waals surface area contributed by atoms with Gasteiger partial charge in [0.15, 0.2) is 0 Å². The molecule has 0 spiro atoms. The maximum absolute atomic E-state index is 12.9. The predicted molar refractivity (Wildman–Crippen MR) is 66.3 cm³/mol. The number of halogens is 2. The summed E-state index contributed by atoms with van der Waals surface area (Å²) < 4.78 is 12.9. The van der Waals surface area contributed by atoms with Crippen LogP contribution in [0.25, 0.3) is 0 Å². The first-order valence-corrected chi connectivity index (χ1v) is 5.81. The zero-order chi connectivity index (χ0) is 12.8. The highest BCUT2D eigenvalue weighted by atomic mass is 35.5. The van der Waals surface area contributed by atoms with Crippen LogP contribution in [0.3, 0.4) is 0 Å². The summed E-state index contributed by atoms with van der Waals surface area (Å²) in [5, 5.41) is 2.79. The Morgan fingerprint density at radius 2 is 2.29 bits per heavy atom. The molecule has 1 atom stereocenters. The molecule has 0 fully saturated rings. The molecule has 0 aliphatic rings. The largest absolute Gasteiger partial charge is 0.356 e. The minimum absolute atomic E-state index is 0.0330. The van der Waals surface area contributed by atoms with E-state index in [-0.39, 0.29) is 23.3 Å². The number of carbonyl (C=O) groups is 1. The molecule has 0 aromatic heterocycles. The topological polar surface area (TPSA) is 55.1 Å². The number of hydrogen-bond donors (Lipinski definition) is 2. The van der Waals surface area contributed by atoms with Crippen LogP contribution < -0.4 is 11.1 Å². The normalized spacial score (nSPS) is 12.2. The number of carbonyl (C=O) groups excluding carboxylic acids is 1. The SMILES string of the molecule is CC(CN)CNC(=O)Cc1ccc(F)c(Cl)c1. The fourth-order valence-corrected chi connectivity index (χ4v) is 1.47. The predicted octanol–water partition coefficient (Wildman–Crippen LogP) is 1.73. The van der Waals surface area contributed by atoms with Crippen molar-refractivity contribution in [2.45, 2.75) is 13.3 Å². The molecule has 1 amide bonds. The van der Waals surface area contributed by atoms with E-state index in [2.05, 4.69) is 5.32 Å². The van der Waals surface area contributed by atoms with Gasteiger partial charge in [-0.3, -0.25) is 4.79 Å². The molecule has 17 heavy (non-hydrogen) atoms. The second-order valence-electron chi connectivity index (χ2n) is 4.07. The quantitative estimate of drug-likeness (QED) is 0.845. The summed E-state index contributed by atoms with van der Waals surface area (Å²) in [4.78, 5) is 11.5. The molecule has 0 radical (unpaired) electrons. The molecule has 5 heteroatoms. The maximum atomic E-state index is 12.9. The Hall–Kier alpha value is -1.13. The smallest absolute Gasteiger partial charge is 0.224 e. The molecule has 0 saturated carbocycles. The van der Waals surface area contributed by atoms with Crippen molar-refractivity contribution in [3.05, 3.63) is 34.6 Å². The van der Waals surface area contributed by atoms with Gasteiger partial charge in [0.25, 0.3) is 0 Å². The van der Waals surface area contributed by atoms with Gasteiger partial charge in [-0.2, -0.15) is 0 Å². The third-order valence-corrected chi connectivity index (χ3v) is 2.69. The van der Waals surface area contributed by atoms with E-state index < -0.39 is 5.82 Å². The van der Waals surface area contributed by atoms with Crippen molar-refractivity contribution in [2.75, 3.05) is 13.1 Å². The first-order valence-electron chi connectivity index (χ1n) is 5.43. The maximum Gasteiger partial charge on any atom is 0.224 e. The molecule has 0 aliphatic heterocycles. The Kier molecular flexibility index (Phi) is 5.38. The molecular weight excluding hydrogens is 243 g/mol. The van der Waals surface area contributed by atoms with E-state index in [1.807, 2.05) is 6.92 Å². The lowest BCUT2D eigenvalue weighted by Gasteiger charge is -2.10. The Morgan fingerprint density at radius 1 is 1.59 bits per heavy atom. The van der Waals surface area contributed by atoms with Crippen LogP contribution in [-0.2, 0) is 11.2 Å². The van der Waals surface area contributed by atoms with Gasteiger partial charge < -0.3 is 11.1 Å². The highest BCUT2D eigenvalue weighted by molar-refractivity contribution is 6.30. The van der Waals surface area contributed by atoms with E-state index in [1.165, 1.54) is 12.1 Å². The van der Waals surface area contributed by atoms with Crippen LogP contribution in [-0.4, -0.2) is 19.0 Å². The average Bonchev–Trinajstić information content (AvgIpc) is 2.31. The van der Waals surface area contributed by atoms with Crippen LogP contribution >= 0.6 is 11.6 Å². The van der Waals surface area contributed by atoms with Gasteiger partial charge in [-0.25, -0.2) is 4.39 Å². The molecule has 1 aromatic rings. The summed E-state index contributed by atoms with van der Waals surface area (Å²) in [6.45, 7) is 3.03. The number of nitrogens with one attached hydrogen (secondary N) is 1. The van der Waals surface area contributed by atoms with E-state index in [0.717, 1.165) is 0 Å². The van der Waals surface area contributed by atoms with Gasteiger partial charge in [0.2, 0.25) is 5.91 Å². The highest BCUT2D eigenvalue weighted by Crippen LogP contribution is 2.16. The summed E-state index contributed by atoms with van der Waals surface area (Å²) in [5.41, 5.74) is 6.13. The average molecular weight is 259 g/mol. The summed E-state index contributed by atoms with van der Waals surface area (Å²) in [7, 11) is 0. The summed E-state index contributed by atoms with van der Waals surface area (Å²) >= 11 is 5.62. The fraction of sp³-hybridized carbons (Fsp3) is 0.417. The molecule has 1 unspecified atom stereocenters. The van der Waals surface area contributed by atoms with Gasteiger partial charge in [-0.1, -0.05) is 24.6 Å². The number of nitrogens with two attached hydrogens (primary N) is 1. The van der Waals surface area contributed by atoms with Gasteiger partial charge in [0, 0.05) is 6.54 Å². The van der Waals surface area contributed by atoms with Gasteiger partial charge in [0.05, 0.1) is 11.4 Å². The van der Waals surface area contributed by atoms with Crippen molar-refractivity contribution in [2.24, 2.45) is 11.7 Å². The standard InChI is InChI=1S/C12H16ClFN2O/c1-8(6-15)7-16-12(17)5-9-2-3-11(14)10(13)4-9/h2-4,8H,5-7,15H2,1H3,(H,16,17). The van der Waals surface area contributed by atoms with Gasteiger partial charge in [-0.05, 0) is 30.2 Å². The van der Waals surface area contributed by atoms with Crippen molar-refractivity contribution in [1.82, 2.24) is 5.32 Å².